The zero-order valence-corrected chi connectivity index (χ0v) is 19.7. The molecule has 1 fully saturated rings. The summed E-state index contributed by atoms with van der Waals surface area (Å²) in [5.41, 5.74) is 6.70. The van der Waals surface area contributed by atoms with Gasteiger partial charge in [0, 0.05) is 6.04 Å². The van der Waals surface area contributed by atoms with Gasteiger partial charge in [0.1, 0.15) is 0 Å². The zero-order valence-electron chi connectivity index (χ0n) is 19.7. The van der Waals surface area contributed by atoms with E-state index >= 15 is 0 Å². The number of amides is 1. The quantitative estimate of drug-likeness (QED) is 0.343. The molecule has 11 heteroatoms. The molecule has 36 heavy (non-hydrogen) atoms. The highest BCUT2D eigenvalue weighted by Crippen LogP contribution is 2.32. The van der Waals surface area contributed by atoms with Gasteiger partial charge >= 0.3 is 0 Å². The summed E-state index contributed by atoms with van der Waals surface area (Å²) in [4.78, 5) is 23.1. The molecular weight excluding hydrogens is 460 g/mol. The fourth-order valence-corrected chi connectivity index (χ4v) is 4.91. The van der Waals surface area contributed by atoms with Gasteiger partial charge in [-0.25, -0.2) is 9.67 Å². The summed E-state index contributed by atoms with van der Waals surface area (Å²) in [6, 6.07) is 13.0. The predicted molar refractivity (Wildman–Crippen MR) is 132 cm³/mol. The number of anilines is 1. The standard InChI is InChI=1S/C25H26N8O3/c1-25(15-6-3-2-4-7-15,23(35)28-16-9-11-17(34)12-10-16)33-22-18(14-27-33)21-29-20(19-8-5-13-36-19)31-32(21)24(26)30-22/h2-8,13-14,16-17,34H,9-12H2,1H3,(H2,26,30)(H,28,35)/t16-,17+,25-/m1/s1. The van der Waals surface area contributed by atoms with Crippen molar-refractivity contribution < 1.29 is 14.3 Å². The molecule has 0 bridgehead atoms. The number of hydrogen-bond acceptors (Lipinski definition) is 8. The van der Waals surface area contributed by atoms with Gasteiger partial charge in [0.25, 0.3) is 5.91 Å². The van der Waals surface area contributed by atoms with Crippen LogP contribution in [-0.4, -0.2) is 52.5 Å². The van der Waals surface area contributed by atoms with Gasteiger partial charge in [0.05, 0.1) is 24.0 Å². The van der Waals surface area contributed by atoms with E-state index < -0.39 is 5.54 Å². The number of benzene rings is 1. The van der Waals surface area contributed by atoms with Crippen molar-refractivity contribution in [1.82, 2.24) is 34.7 Å². The number of hydrogen-bond donors (Lipinski definition) is 3. The average Bonchev–Trinajstić information content (AvgIpc) is 3.65. The van der Waals surface area contributed by atoms with Crippen LogP contribution in [0.15, 0.2) is 59.3 Å². The van der Waals surface area contributed by atoms with Crippen LogP contribution in [0, 0.1) is 0 Å². The minimum absolute atomic E-state index is 0.0251. The van der Waals surface area contributed by atoms with Crippen molar-refractivity contribution in [3.8, 4) is 11.6 Å². The lowest BCUT2D eigenvalue weighted by Gasteiger charge is -2.33. The number of nitrogen functional groups attached to an aromatic ring is 1. The van der Waals surface area contributed by atoms with Crippen LogP contribution in [0.1, 0.15) is 38.2 Å². The van der Waals surface area contributed by atoms with Gasteiger partial charge in [-0.3, -0.25) is 4.79 Å². The molecule has 1 aliphatic carbocycles. The number of nitrogens with zero attached hydrogens (tertiary/aromatic N) is 6. The van der Waals surface area contributed by atoms with Crippen molar-refractivity contribution >= 4 is 28.5 Å². The average molecular weight is 487 g/mol. The molecule has 4 aromatic heterocycles. The lowest BCUT2D eigenvalue weighted by molar-refractivity contribution is -0.128. The molecule has 1 aliphatic rings. The van der Waals surface area contributed by atoms with Crippen LogP contribution >= 0.6 is 0 Å². The number of carbonyl (C=O) groups excluding carboxylic acids is 1. The Morgan fingerprint density at radius 1 is 1.11 bits per heavy atom. The number of carbonyl (C=O) groups is 1. The summed E-state index contributed by atoms with van der Waals surface area (Å²) in [6.45, 7) is 1.82. The molecule has 1 aromatic carbocycles. The topological polar surface area (TPSA) is 149 Å². The first-order valence-corrected chi connectivity index (χ1v) is 11.9. The Labute approximate surface area is 205 Å². The van der Waals surface area contributed by atoms with E-state index in [9.17, 15) is 9.90 Å². The van der Waals surface area contributed by atoms with Gasteiger partial charge in [0.2, 0.25) is 11.8 Å². The third kappa shape index (κ3) is 3.51. The van der Waals surface area contributed by atoms with Gasteiger partial charge in [-0.1, -0.05) is 30.3 Å². The Kier molecular flexibility index (Phi) is 5.22. The molecule has 0 saturated heterocycles. The summed E-state index contributed by atoms with van der Waals surface area (Å²) in [5, 5.41) is 22.7. The van der Waals surface area contributed by atoms with Crippen molar-refractivity contribution in [3.05, 3.63) is 60.5 Å². The highest BCUT2D eigenvalue weighted by Gasteiger charge is 2.41. The second kappa shape index (κ2) is 8.45. The van der Waals surface area contributed by atoms with Crippen molar-refractivity contribution in [2.45, 2.75) is 50.3 Å². The number of aromatic nitrogens is 6. The van der Waals surface area contributed by atoms with Crippen LogP contribution in [0.5, 0.6) is 0 Å². The van der Waals surface area contributed by atoms with E-state index in [4.69, 9.17) is 10.2 Å². The van der Waals surface area contributed by atoms with Crippen LogP contribution in [0.3, 0.4) is 0 Å². The molecule has 4 heterocycles. The van der Waals surface area contributed by atoms with E-state index in [1.165, 1.54) is 4.52 Å². The number of aliphatic hydroxyl groups is 1. The van der Waals surface area contributed by atoms with Crippen molar-refractivity contribution in [1.29, 1.82) is 0 Å². The second-order valence-corrected chi connectivity index (χ2v) is 9.33. The third-order valence-corrected chi connectivity index (χ3v) is 7.00. The smallest absolute Gasteiger partial charge is 0.252 e. The summed E-state index contributed by atoms with van der Waals surface area (Å²) in [6.07, 6.45) is 5.64. The summed E-state index contributed by atoms with van der Waals surface area (Å²) in [7, 11) is 0. The lowest BCUT2D eigenvalue weighted by Crippen LogP contribution is -2.52. The number of furan rings is 1. The second-order valence-electron chi connectivity index (χ2n) is 9.33. The first-order chi connectivity index (χ1) is 17.4. The zero-order chi connectivity index (χ0) is 24.9. The summed E-state index contributed by atoms with van der Waals surface area (Å²) in [5.74, 6) is 0.779. The molecule has 184 valence electrons. The number of nitrogens with one attached hydrogen (secondary N) is 1. The van der Waals surface area contributed by atoms with Gasteiger partial charge in [-0.15, -0.1) is 5.10 Å². The van der Waals surface area contributed by atoms with Gasteiger partial charge in [-0.05, 0) is 50.3 Å². The maximum atomic E-state index is 13.9. The Bertz CT molecular complexity index is 1530. The maximum Gasteiger partial charge on any atom is 0.252 e. The Hall–Kier alpha value is -4.25. The first-order valence-electron chi connectivity index (χ1n) is 11.9. The third-order valence-electron chi connectivity index (χ3n) is 7.00. The molecule has 4 N–H and O–H groups in total. The molecule has 0 radical (unpaired) electrons. The number of aliphatic hydroxyl groups excluding tert-OH is 1. The molecule has 1 amide bonds. The van der Waals surface area contributed by atoms with Gasteiger partial charge in [0.15, 0.2) is 22.6 Å². The van der Waals surface area contributed by atoms with E-state index in [1.807, 2.05) is 37.3 Å². The van der Waals surface area contributed by atoms with Crippen molar-refractivity contribution in [2.24, 2.45) is 0 Å². The van der Waals surface area contributed by atoms with E-state index in [0.29, 0.717) is 41.1 Å². The fourth-order valence-electron chi connectivity index (χ4n) is 4.91. The first kappa shape index (κ1) is 22.2. The lowest BCUT2D eigenvalue weighted by atomic mass is 9.88. The van der Waals surface area contributed by atoms with E-state index in [2.05, 4.69) is 25.5 Å². The minimum atomic E-state index is -1.22. The normalized spacial score (nSPS) is 19.9. The number of nitrogens with two attached hydrogens (primary N) is 1. The SMILES string of the molecule is C[C@](C(=O)N[C@H]1CC[C@@H](O)CC1)(c1ccccc1)n1ncc2c1nc(N)n1nc(-c3ccco3)nc21. The largest absolute Gasteiger partial charge is 0.461 e. The molecule has 0 spiro atoms. The molecule has 0 unspecified atom stereocenters. The molecule has 1 saturated carbocycles. The summed E-state index contributed by atoms with van der Waals surface area (Å²) >= 11 is 0. The fraction of sp³-hybridized carbons (Fsp3) is 0.320. The van der Waals surface area contributed by atoms with Gasteiger partial charge in [-0.2, -0.15) is 14.6 Å². The molecule has 1 atom stereocenters. The highest BCUT2D eigenvalue weighted by atomic mass is 16.3. The number of fused-ring (bicyclic) bond motifs is 3. The van der Waals surface area contributed by atoms with Gasteiger partial charge < -0.3 is 20.6 Å². The minimum Gasteiger partial charge on any atom is -0.461 e. The predicted octanol–water partition coefficient (Wildman–Crippen LogP) is 2.50. The molecule has 11 nitrogen and oxygen atoms in total. The van der Waals surface area contributed by atoms with Crippen molar-refractivity contribution in [3.63, 3.8) is 0 Å². The van der Waals surface area contributed by atoms with Crippen LogP contribution in [0.2, 0.25) is 0 Å². The van der Waals surface area contributed by atoms with Crippen LogP contribution < -0.4 is 11.1 Å². The van der Waals surface area contributed by atoms with Crippen molar-refractivity contribution in [2.75, 3.05) is 5.73 Å². The Morgan fingerprint density at radius 2 is 1.89 bits per heavy atom. The number of rotatable bonds is 5. The molecule has 5 aromatic rings. The van der Waals surface area contributed by atoms with Crippen LogP contribution in [-0.2, 0) is 10.3 Å². The van der Waals surface area contributed by atoms with E-state index in [1.54, 1.807) is 29.3 Å². The van der Waals surface area contributed by atoms with Crippen LogP contribution in [0.25, 0.3) is 28.3 Å². The highest BCUT2D eigenvalue weighted by molar-refractivity contribution is 5.94. The molecule has 0 aliphatic heterocycles. The Balaban J connectivity index is 1.48. The molecular formula is C25H26N8O3. The van der Waals surface area contributed by atoms with E-state index in [-0.39, 0.29) is 24.0 Å². The summed E-state index contributed by atoms with van der Waals surface area (Å²) < 4.78 is 8.48. The van der Waals surface area contributed by atoms with Crippen LogP contribution in [0.4, 0.5) is 5.95 Å². The Morgan fingerprint density at radius 3 is 2.61 bits per heavy atom. The maximum absolute atomic E-state index is 13.9. The molecule has 6 rings (SSSR count). The monoisotopic (exact) mass is 486 g/mol. The van der Waals surface area contributed by atoms with E-state index in [0.717, 1.165) is 18.4 Å².